The SMILES string of the molecule is COc1c(C)c(Cc2ccc(Oc3cccnc3)c(C(=O)N3CCCCC3)c2)c(OC)c(OC)c1OC. The van der Waals surface area contributed by atoms with Crippen molar-refractivity contribution in [3.05, 3.63) is 65.0 Å². The molecule has 3 aromatic rings. The normalized spacial score (nSPS) is 13.2. The van der Waals surface area contributed by atoms with E-state index in [1.807, 2.05) is 36.1 Å². The summed E-state index contributed by atoms with van der Waals surface area (Å²) in [6.45, 7) is 3.45. The number of hydrogen-bond acceptors (Lipinski definition) is 7. The Bertz CT molecular complexity index is 1240. The molecule has 2 aromatic carbocycles. The number of rotatable bonds is 9. The molecule has 1 amide bonds. The number of piperidine rings is 1. The smallest absolute Gasteiger partial charge is 0.257 e. The number of pyridine rings is 1. The third-order valence-electron chi connectivity index (χ3n) is 6.66. The summed E-state index contributed by atoms with van der Waals surface area (Å²) < 4.78 is 28.8. The van der Waals surface area contributed by atoms with Crippen LogP contribution in [0.1, 0.15) is 46.3 Å². The molecule has 0 bridgehead atoms. The molecule has 1 aliphatic heterocycles. The summed E-state index contributed by atoms with van der Waals surface area (Å²) >= 11 is 0. The predicted octanol–water partition coefficient (Wildman–Crippen LogP) is 5.43. The molecule has 0 spiro atoms. The van der Waals surface area contributed by atoms with Gasteiger partial charge in [0.25, 0.3) is 5.91 Å². The summed E-state index contributed by atoms with van der Waals surface area (Å²) in [6.07, 6.45) is 6.95. The summed E-state index contributed by atoms with van der Waals surface area (Å²) in [4.78, 5) is 19.7. The van der Waals surface area contributed by atoms with Gasteiger partial charge < -0.3 is 28.6 Å². The van der Waals surface area contributed by atoms with E-state index in [0.29, 0.717) is 46.5 Å². The number of benzene rings is 2. The highest BCUT2D eigenvalue weighted by molar-refractivity contribution is 5.97. The van der Waals surface area contributed by atoms with Crippen LogP contribution < -0.4 is 23.7 Å². The molecular weight excluding hydrogens is 472 g/mol. The first-order valence-electron chi connectivity index (χ1n) is 12.4. The Labute approximate surface area is 218 Å². The summed E-state index contributed by atoms with van der Waals surface area (Å²) in [5.41, 5.74) is 3.20. The van der Waals surface area contributed by atoms with Gasteiger partial charge in [0.2, 0.25) is 11.5 Å². The fraction of sp³-hybridized carbons (Fsp3) is 0.379. The third kappa shape index (κ3) is 5.43. The Morgan fingerprint density at radius 3 is 2.19 bits per heavy atom. The van der Waals surface area contributed by atoms with Crippen molar-refractivity contribution in [2.45, 2.75) is 32.6 Å². The molecular formula is C29H34N2O6. The first-order chi connectivity index (χ1) is 18.0. The molecule has 0 unspecified atom stereocenters. The molecule has 1 aliphatic rings. The molecule has 8 nitrogen and oxygen atoms in total. The molecule has 8 heteroatoms. The monoisotopic (exact) mass is 506 g/mol. The van der Waals surface area contributed by atoms with E-state index < -0.39 is 0 Å². The number of aromatic nitrogens is 1. The number of carbonyl (C=O) groups excluding carboxylic acids is 1. The van der Waals surface area contributed by atoms with Crippen LogP contribution in [-0.2, 0) is 6.42 Å². The van der Waals surface area contributed by atoms with Gasteiger partial charge in [0.15, 0.2) is 11.5 Å². The van der Waals surface area contributed by atoms with Gasteiger partial charge in [-0.3, -0.25) is 9.78 Å². The van der Waals surface area contributed by atoms with Crippen LogP contribution in [0.5, 0.6) is 34.5 Å². The van der Waals surface area contributed by atoms with Gasteiger partial charge in [-0.25, -0.2) is 0 Å². The number of amides is 1. The standard InChI is InChI=1S/C29H34N2O6/c1-19-22(26(34-3)28(36-5)27(35-4)25(19)33-2)16-20-11-12-24(37-21-10-9-13-30-18-21)23(17-20)29(32)31-14-7-6-8-15-31/h9-13,17-18H,6-8,14-16H2,1-5H3. The summed E-state index contributed by atoms with van der Waals surface area (Å²) in [7, 11) is 6.33. The van der Waals surface area contributed by atoms with Crippen molar-refractivity contribution in [1.82, 2.24) is 9.88 Å². The van der Waals surface area contributed by atoms with E-state index >= 15 is 0 Å². The van der Waals surface area contributed by atoms with E-state index in [-0.39, 0.29) is 5.91 Å². The molecule has 1 saturated heterocycles. The van der Waals surface area contributed by atoms with Crippen molar-refractivity contribution in [2.75, 3.05) is 41.5 Å². The minimum absolute atomic E-state index is 0.0333. The van der Waals surface area contributed by atoms with Gasteiger partial charge in [-0.1, -0.05) is 6.07 Å². The van der Waals surface area contributed by atoms with E-state index in [0.717, 1.165) is 49.0 Å². The predicted molar refractivity (Wildman–Crippen MR) is 141 cm³/mol. The van der Waals surface area contributed by atoms with Crippen LogP contribution >= 0.6 is 0 Å². The summed E-state index contributed by atoms with van der Waals surface area (Å²) in [5.74, 6) is 3.13. The second-order valence-corrected chi connectivity index (χ2v) is 8.89. The van der Waals surface area contributed by atoms with Gasteiger partial charge in [0, 0.05) is 36.8 Å². The lowest BCUT2D eigenvalue weighted by atomic mass is 9.95. The van der Waals surface area contributed by atoms with Crippen LogP contribution in [-0.4, -0.2) is 57.3 Å². The van der Waals surface area contributed by atoms with Crippen LogP contribution in [0.4, 0.5) is 0 Å². The lowest BCUT2D eigenvalue weighted by molar-refractivity contribution is 0.0721. The van der Waals surface area contributed by atoms with Crippen molar-refractivity contribution in [3.63, 3.8) is 0 Å². The van der Waals surface area contributed by atoms with Crippen LogP contribution in [0.25, 0.3) is 0 Å². The minimum atomic E-state index is -0.0333. The topological polar surface area (TPSA) is 79.4 Å². The molecule has 0 aliphatic carbocycles. The van der Waals surface area contributed by atoms with Gasteiger partial charge in [-0.15, -0.1) is 0 Å². The van der Waals surface area contributed by atoms with Crippen LogP contribution in [0.3, 0.4) is 0 Å². The van der Waals surface area contributed by atoms with E-state index in [1.54, 1.807) is 46.9 Å². The lowest BCUT2D eigenvalue weighted by Crippen LogP contribution is -2.35. The number of hydrogen-bond donors (Lipinski definition) is 0. The Hall–Kier alpha value is -3.94. The van der Waals surface area contributed by atoms with Crippen molar-refractivity contribution >= 4 is 5.91 Å². The second kappa shape index (κ2) is 11.9. The minimum Gasteiger partial charge on any atom is -0.492 e. The maximum atomic E-state index is 13.6. The van der Waals surface area contributed by atoms with E-state index in [4.69, 9.17) is 23.7 Å². The maximum Gasteiger partial charge on any atom is 0.257 e. The zero-order valence-corrected chi connectivity index (χ0v) is 22.1. The third-order valence-corrected chi connectivity index (χ3v) is 6.66. The second-order valence-electron chi connectivity index (χ2n) is 8.89. The van der Waals surface area contributed by atoms with Crippen LogP contribution in [0.15, 0.2) is 42.7 Å². The molecule has 0 N–H and O–H groups in total. The molecule has 1 aromatic heterocycles. The van der Waals surface area contributed by atoms with E-state index in [1.165, 1.54) is 0 Å². The Balaban J connectivity index is 1.78. The van der Waals surface area contributed by atoms with Crippen molar-refractivity contribution < 1.29 is 28.5 Å². The largest absolute Gasteiger partial charge is 0.492 e. The number of likely N-dealkylation sites (tertiary alicyclic amines) is 1. The Kier molecular flexibility index (Phi) is 8.38. The van der Waals surface area contributed by atoms with Gasteiger partial charge in [0.1, 0.15) is 11.5 Å². The highest BCUT2D eigenvalue weighted by Gasteiger charge is 2.27. The number of carbonyl (C=O) groups is 1. The molecule has 4 rings (SSSR count). The fourth-order valence-electron chi connectivity index (χ4n) is 4.82. The van der Waals surface area contributed by atoms with Gasteiger partial charge in [-0.2, -0.15) is 0 Å². The lowest BCUT2D eigenvalue weighted by Gasteiger charge is -2.27. The van der Waals surface area contributed by atoms with Gasteiger partial charge in [-0.05, 0) is 56.0 Å². The average Bonchev–Trinajstić information content (AvgIpc) is 2.94. The van der Waals surface area contributed by atoms with Crippen molar-refractivity contribution in [2.24, 2.45) is 0 Å². The van der Waals surface area contributed by atoms with Crippen LogP contribution in [0.2, 0.25) is 0 Å². The molecule has 1 fully saturated rings. The number of nitrogens with zero attached hydrogens (tertiary/aromatic N) is 2. The number of ether oxygens (including phenoxy) is 5. The molecule has 37 heavy (non-hydrogen) atoms. The first kappa shape index (κ1) is 26.1. The molecule has 196 valence electrons. The zero-order chi connectivity index (χ0) is 26.4. The van der Waals surface area contributed by atoms with Gasteiger partial charge >= 0.3 is 0 Å². The summed E-state index contributed by atoms with van der Waals surface area (Å²) in [5, 5.41) is 0. The van der Waals surface area contributed by atoms with Crippen molar-refractivity contribution in [1.29, 1.82) is 0 Å². The van der Waals surface area contributed by atoms with Gasteiger partial charge in [0.05, 0.1) is 40.2 Å². The summed E-state index contributed by atoms with van der Waals surface area (Å²) in [6, 6.07) is 9.33. The highest BCUT2D eigenvalue weighted by atomic mass is 16.5. The fourth-order valence-corrected chi connectivity index (χ4v) is 4.82. The van der Waals surface area contributed by atoms with E-state index in [9.17, 15) is 4.79 Å². The molecule has 0 saturated carbocycles. The van der Waals surface area contributed by atoms with Crippen molar-refractivity contribution in [3.8, 4) is 34.5 Å². The van der Waals surface area contributed by atoms with E-state index in [2.05, 4.69) is 4.98 Å². The Morgan fingerprint density at radius 1 is 0.892 bits per heavy atom. The maximum absolute atomic E-state index is 13.6. The molecule has 0 radical (unpaired) electrons. The Morgan fingerprint density at radius 2 is 1.57 bits per heavy atom. The highest BCUT2D eigenvalue weighted by Crippen LogP contribution is 2.50. The van der Waals surface area contributed by atoms with Crippen LogP contribution in [0, 0.1) is 6.92 Å². The quantitative estimate of drug-likeness (QED) is 0.383. The average molecular weight is 507 g/mol. The molecule has 2 heterocycles. The zero-order valence-electron chi connectivity index (χ0n) is 22.1. The number of methoxy groups -OCH3 is 4. The molecule has 0 atom stereocenters. The first-order valence-corrected chi connectivity index (χ1v) is 12.4.